The minimum absolute atomic E-state index is 0.147. The lowest BCUT2D eigenvalue weighted by Crippen LogP contribution is -2.20. The van der Waals surface area contributed by atoms with Gasteiger partial charge in [0.15, 0.2) is 4.67 Å². The summed E-state index contributed by atoms with van der Waals surface area (Å²) in [6, 6.07) is 13.3. The molecule has 2 aromatic rings. The van der Waals surface area contributed by atoms with Gasteiger partial charge in [-0.05, 0) is 39.7 Å². The second kappa shape index (κ2) is 6.21. The van der Waals surface area contributed by atoms with Crippen molar-refractivity contribution in [3.63, 3.8) is 0 Å². The lowest BCUT2D eigenvalue weighted by atomic mass is 10.2. The first-order valence-corrected chi connectivity index (χ1v) is 6.28. The van der Waals surface area contributed by atoms with E-state index in [2.05, 4.69) is 21.2 Å². The molecule has 0 aliphatic heterocycles. The fourth-order valence-corrected chi connectivity index (χ4v) is 1.74. The quantitative estimate of drug-likeness (QED) is 0.880. The Labute approximate surface area is 114 Å². The average Bonchev–Trinajstić information content (AvgIpc) is 2.81. The molecule has 0 spiro atoms. The van der Waals surface area contributed by atoms with Gasteiger partial charge in [0.05, 0.1) is 0 Å². The van der Waals surface area contributed by atoms with E-state index in [1.165, 1.54) is 6.08 Å². The third kappa shape index (κ3) is 3.89. The van der Waals surface area contributed by atoms with Crippen molar-refractivity contribution in [1.82, 2.24) is 5.32 Å². The number of furan rings is 1. The smallest absolute Gasteiger partial charge is 0.244 e. The molecule has 1 aromatic heterocycles. The molecule has 0 fully saturated rings. The van der Waals surface area contributed by atoms with Gasteiger partial charge in [-0.3, -0.25) is 4.79 Å². The van der Waals surface area contributed by atoms with Crippen LogP contribution in [0.15, 0.2) is 57.6 Å². The first-order chi connectivity index (χ1) is 8.74. The Morgan fingerprint density at radius 1 is 1.22 bits per heavy atom. The van der Waals surface area contributed by atoms with Crippen LogP contribution >= 0.6 is 15.9 Å². The fraction of sp³-hybridized carbons (Fsp3) is 0.0714. The predicted octanol–water partition coefficient (Wildman–Crippen LogP) is 3.37. The molecule has 1 heterocycles. The van der Waals surface area contributed by atoms with Crippen LogP contribution in [0, 0.1) is 0 Å². The molecule has 0 bridgehead atoms. The van der Waals surface area contributed by atoms with Gasteiger partial charge in [0, 0.05) is 12.6 Å². The van der Waals surface area contributed by atoms with Gasteiger partial charge in [-0.1, -0.05) is 30.3 Å². The van der Waals surface area contributed by atoms with Crippen LogP contribution in [-0.4, -0.2) is 5.91 Å². The minimum Gasteiger partial charge on any atom is -0.450 e. The van der Waals surface area contributed by atoms with Gasteiger partial charge in [0.2, 0.25) is 5.91 Å². The van der Waals surface area contributed by atoms with Crippen molar-refractivity contribution in [2.75, 3.05) is 0 Å². The van der Waals surface area contributed by atoms with Crippen molar-refractivity contribution >= 4 is 27.9 Å². The molecule has 92 valence electrons. The highest BCUT2D eigenvalue weighted by Gasteiger charge is 1.98. The maximum Gasteiger partial charge on any atom is 0.244 e. The molecule has 4 heteroatoms. The number of rotatable bonds is 4. The number of nitrogens with one attached hydrogen (secondary N) is 1. The number of carbonyl (C=O) groups excluding carboxylic acids is 1. The molecule has 2 rings (SSSR count). The van der Waals surface area contributed by atoms with Crippen molar-refractivity contribution in [3.05, 3.63) is 64.5 Å². The molecule has 0 radical (unpaired) electrons. The van der Waals surface area contributed by atoms with Crippen LogP contribution in [-0.2, 0) is 11.3 Å². The van der Waals surface area contributed by atoms with E-state index in [4.69, 9.17) is 4.42 Å². The van der Waals surface area contributed by atoms with Gasteiger partial charge in [-0.2, -0.15) is 0 Å². The number of halogens is 1. The molecule has 0 aliphatic rings. The SMILES string of the molecule is O=C(/C=C/c1ccc(Br)o1)NCc1ccccc1. The molecular formula is C14H12BrNO2. The van der Waals surface area contributed by atoms with Crippen molar-refractivity contribution in [2.24, 2.45) is 0 Å². The molecule has 1 N–H and O–H groups in total. The fourth-order valence-electron chi connectivity index (χ4n) is 1.42. The zero-order valence-corrected chi connectivity index (χ0v) is 11.2. The molecule has 0 atom stereocenters. The van der Waals surface area contributed by atoms with E-state index in [-0.39, 0.29) is 5.91 Å². The molecule has 0 aliphatic carbocycles. The number of hydrogen-bond acceptors (Lipinski definition) is 2. The summed E-state index contributed by atoms with van der Waals surface area (Å²) in [6.07, 6.45) is 3.08. The van der Waals surface area contributed by atoms with Crippen molar-refractivity contribution in [3.8, 4) is 0 Å². The van der Waals surface area contributed by atoms with Gasteiger partial charge >= 0.3 is 0 Å². The number of benzene rings is 1. The summed E-state index contributed by atoms with van der Waals surface area (Å²) in [5.74, 6) is 0.489. The Kier molecular flexibility index (Phi) is 4.36. The highest BCUT2D eigenvalue weighted by molar-refractivity contribution is 9.10. The van der Waals surface area contributed by atoms with Crippen LogP contribution in [0.4, 0.5) is 0 Å². The Bertz CT molecular complexity index is 546. The number of carbonyl (C=O) groups is 1. The maximum absolute atomic E-state index is 11.5. The molecular weight excluding hydrogens is 294 g/mol. The van der Waals surface area contributed by atoms with Crippen LogP contribution in [0.1, 0.15) is 11.3 Å². The molecule has 18 heavy (non-hydrogen) atoms. The summed E-state index contributed by atoms with van der Waals surface area (Å²) in [7, 11) is 0. The van der Waals surface area contributed by atoms with E-state index in [1.807, 2.05) is 30.3 Å². The summed E-state index contributed by atoms with van der Waals surface area (Å²) in [4.78, 5) is 11.5. The highest BCUT2D eigenvalue weighted by atomic mass is 79.9. The Balaban J connectivity index is 1.84. The first kappa shape index (κ1) is 12.6. The van der Waals surface area contributed by atoms with Crippen molar-refractivity contribution in [2.45, 2.75) is 6.54 Å². The largest absolute Gasteiger partial charge is 0.450 e. The Morgan fingerprint density at radius 2 is 2.00 bits per heavy atom. The highest BCUT2D eigenvalue weighted by Crippen LogP contribution is 2.14. The number of hydrogen-bond donors (Lipinski definition) is 1. The lowest BCUT2D eigenvalue weighted by molar-refractivity contribution is -0.116. The van der Waals surface area contributed by atoms with E-state index in [1.54, 1.807) is 18.2 Å². The monoisotopic (exact) mass is 305 g/mol. The zero-order valence-electron chi connectivity index (χ0n) is 9.60. The third-order valence-electron chi connectivity index (χ3n) is 2.30. The average molecular weight is 306 g/mol. The van der Waals surface area contributed by atoms with Gasteiger partial charge in [0.25, 0.3) is 0 Å². The van der Waals surface area contributed by atoms with E-state index in [0.29, 0.717) is 17.0 Å². The second-order valence-corrected chi connectivity index (χ2v) is 4.46. The molecule has 0 saturated carbocycles. The Hall–Kier alpha value is -1.81. The predicted molar refractivity (Wildman–Crippen MR) is 73.7 cm³/mol. The molecule has 0 unspecified atom stereocenters. The topological polar surface area (TPSA) is 42.2 Å². The van der Waals surface area contributed by atoms with E-state index >= 15 is 0 Å². The van der Waals surface area contributed by atoms with Gasteiger partial charge in [0.1, 0.15) is 5.76 Å². The summed E-state index contributed by atoms with van der Waals surface area (Å²) in [6.45, 7) is 0.520. The summed E-state index contributed by atoms with van der Waals surface area (Å²) in [5, 5.41) is 2.80. The van der Waals surface area contributed by atoms with Crippen LogP contribution in [0.5, 0.6) is 0 Å². The van der Waals surface area contributed by atoms with Gasteiger partial charge < -0.3 is 9.73 Å². The normalized spacial score (nSPS) is 10.7. The summed E-state index contributed by atoms with van der Waals surface area (Å²) in [5.41, 5.74) is 1.07. The Morgan fingerprint density at radius 3 is 2.67 bits per heavy atom. The van der Waals surface area contributed by atoms with E-state index in [0.717, 1.165) is 5.56 Å². The van der Waals surface area contributed by atoms with Crippen molar-refractivity contribution in [1.29, 1.82) is 0 Å². The van der Waals surface area contributed by atoms with E-state index in [9.17, 15) is 4.79 Å². The molecule has 3 nitrogen and oxygen atoms in total. The summed E-state index contributed by atoms with van der Waals surface area (Å²) >= 11 is 3.20. The van der Waals surface area contributed by atoms with E-state index < -0.39 is 0 Å². The van der Waals surface area contributed by atoms with Crippen LogP contribution in [0.25, 0.3) is 6.08 Å². The molecule has 1 aromatic carbocycles. The van der Waals surface area contributed by atoms with Crippen molar-refractivity contribution < 1.29 is 9.21 Å². The maximum atomic E-state index is 11.5. The molecule has 1 amide bonds. The summed E-state index contributed by atoms with van der Waals surface area (Å²) < 4.78 is 5.89. The molecule has 0 saturated heterocycles. The lowest BCUT2D eigenvalue weighted by Gasteiger charge is -2.01. The number of amides is 1. The van der Waals surface area contributed by atoms with Gasteiger partial charge in [-0.15, -0.1) is 0 Å². The van der Waals surface area contributed by atoms with Crippen LogP contribution in [0.2, 0.25) is 0 Å². The minimum atomic E-state index is -0.147. The second-order valence-electron chi connectivity index (χ2n) is 3.68. The van der Waals surface area contributed by atoms with Gasteiger partial charge in [-0.25, -0.2) is 0 Å². The van der Waals surface area contributed by atoms with Crippen LogP contribution < -0.4 is 5.32 Å². The first-order valence-electron chi connectivity index (χ1n) is 5.49. The van der Waals surface area contributed by atoms with Crippen LogP contribution in [0.3, 0.4) is 0 Å². The standard InChI is InChI=1S/C14H12BrNO2/c15-13-8-6-12(18-13)7-9-14(17)16-10-11-4-2-1-3-5-11/h1-9H,10H2,(H,16,17)/b9-7+. The zero-order chi connectivity index (χ0) is 12.8. The third-order valence-corrected chi connectivity index (χ3v) is 2.73.